The van der Waals surface area contributed by atoms with Gasteiger partial charge >= 0.3 is 5.97 Å². The van der Waals surface area contributed by atoms with Crippen molar-refractivity contribution in [3.05, 3.63) is 40.9 Å². The van der Waals surface area contributed by atoms with E-state index in [1.807, 2.05) is 29.6 Å². The molecule has 2 aromatic rings. The van der Waals surface area contributed by atoms with Gasteiger partial charge in [-0.1, -0.05) is 44.7 Å². The molecule has 0 aliphatic heterocycles. The minimum atomic E-state index is -0.286. The van der Waals surface area contributed by atoms with Crippen LogP contribution < -0.4 is 5.32 Å². The maximum atomic E-state index is 12.1. The molecule has 1 aromatic heterocycles. The molecule has 1 amide bonds. The first kappa shape index (κ1) is 20.5. The van der Waals surface area contributed by atoms with Crippen LogP contribution >= 0.6 is 23.1 Å². The Morgan fingerprint density at radius 2 is 1.92 bits per heavy atom. The monoisotopic (exact) mass is 392 g/mol. The molecule has 7 heteroatoms. The van der Waals surface area contributed by atoms with E-state index in [9.17, 15) is 9.59 Å². The molecule has 0 atom stereocenters. The quantitative estimate of drug-likeness (QED) is 0.563. The topological polar surface area (TPSA) is 68.3 Å². The number of hydrogen-bond acceptors (Lipinski definition) is 6. The number of carbonyl (C=O) groups is 2. The molecule has 5 nitrogen and oxygen atoms in total. The third kappa shape index (κ3) is 6.46. The van der Waals surface area contributed by atoms with Crippen molar-refractivity contribution in [1.29, 1.82) is 0 Å². The first-order chi connectivity index (χ1) is 12.3. The van der Waals surface area contributed by atoms with Crippen LogP contribution in [0.4, 0.5) is 5.69 Å². The average Bonchev–Trinajstić information content (AvgIpc) is 3.00. The van der Waals surface area contributed by atoms with Gasteiger partial charge in [0.15, 0.2) is 4.34 Å². The van der Waals surface area contributed by atoms with Gasteiger partial charge in [-0.15, -0.1) is 11.3 Å². The highest BCUT2D eigenvalue weighted by Crippen LogP contribution is 2.25. The Morgan fingerprint density at radius 3 is 2.54 bits per heavy atom. The molecule has 0 saturated heterocycles. The molecule has 2 rings (SSSR count). The Bertz CT molecular complexity index is 749. The number of esters is 1. The first-order valence-electron chi connectivity index (χ1n) is 8.41. The maximum Gasteiger partial charge on any atom is 0.311 e. The van der Waals surface area contributed by atoms with Gasteiger partial charge in [0.05, 0.1) is 24.5 Å². The number of rotatable bonds is 7. The Labute approximate surface area is 162 Å². The van der Waals surface area contributed by atoms with Crippen LogP contribution in [0.1, 0.15) is 39.0 Å². The van der Waals surface area contributed by atoms with Gasteiger partial charge in [0.25, 0.3) is 0 Å². The van der Waals surface area contributed by atoms with Crippen LogP contribution in [-0.2, 0) is 26.2 Å². The molecule has 0 fully saturated rings. The predicted molar refractivity (Wildman–Crippen MR) is 107 cm³/mol. The number of ether oxygens (including phenoxy) is 1. The molecule has 140 valence electrons. The molecule has 0 spiro atoms. The van der Waals surface area contributed by atoms with E-state index in [0.717, 1.165) is 10.0 Å². The van der Waals surface area contributed by atoms with Crippen LogP contribution in [-0.4, -0.2) is 29.2 Å². The van der Waals surface area contributed by atoms with Crippen molar-refractivity contribution in [3.8, 4) is 0 Å². The summed E-state index contributed by atoms with van der Waals surface area (Å²) < 4.78 is 5.67. The van der Waals surface area contributed by atoms with Crippen LogP contribution in [0.3, 0.4) is 0 Å². The standard InChI is InChI=1S/C19H24N2O3S2/c1-5-24-17(23)10-15-11-25-18(21-15)26-12-16(22)20-14-8-6-13(7-9-14)19(2,3)4/h6-9,11H,5,10,12H2,1-4H3,(H,20,22). The number of nitrogens with zero attached hydrogens (tertiary/aromatic N) is 1. The van der Waals surface area contributed by atoms with Crippen LogP contribution in [0.15, 0.2) is 34.0 Å². The van der Waals surface area contributed by atoms with E-state index in [4.69, 9.17) is 4.74 Å². The molecule has 1 heterocycles. The Morgan fingerprint density at radius 1 is 1.23 bits per heavy atom. The second-order valence-corrected chi connectivity index (χ2v) is 8.83. The van der Waals surface area contributed by atoms with Gasteiger partial charge in [-0.25, -0.2) is 4.98 Å². The number of carbonyl (C=O) groups excluding carboxylic acids is 2. The highest BCUT2D eigenvalue weighted by molar-refractivity contribution is 8.01. The predicted octanol–water partition coefficient (Wildman–Crippen LogP) is 4.28. The Kier molecular flexibility index (Phi) is 7.23. The zero-order valence-electron chi connectivity index (χ0n) is 15.5. The molecule has 1 N–H and O–H groups in total. The van der Waals surface area contributed by atoms with Gasteiger partial charge in [0, 0.05) is 11.1 Å². The minimum absolute atomic E-state index is 0.0827. The van der Waals surface area contributed by atoms with Gasteiger partial charge in [-0.05, 0) is 30.0 Å². The SMILES string of the molecule is CCOC(=O)Cc1csc(SCC(=O)Nc2ccc(C(C)(C)C)cc2)n1. The highest BCUT2D eigenvalue weighted by Gasteiger charge is 2.14. The van der Waals surface area contributed by atoms with Gasteiger partial charge in [-0.2, -0.15) is 0 Å². The molecular formula is C19H24N2O3S2. The first-order valence-corrected chi connectivity index (χ1v) is 10.3. The van der Waals surface area contributed by atoms with Crippen molar-refractivity contribution in [1.82, 2.24) is 4.98 Å². The molecule has 26 heavy (non-hydrogen) atoms. The van der Waals surface area contributed by atoms with Crippen molar-refractivity contribution in [2.24, 2.45) is 0 Å². The maximum absolute atomic E-state index is 12.1. The normalized spacial score (nSPS) is 11.2. The van der Waals surface area contributed by atoms with Crippen molar-refractivity contribution in [2.75, 3.05) is 17.7 Å². The smallest absolute Gasteiger partial charge is 0.311 e. The summed E-state index contributed by atoms with van der Waals surface area (Å²) in [5, 5.41) is 4.71. The van der Waals surface area contributed by atoms with Crippen molar-refractivity contribution in [3.63, 3.8) is 0 Å². The van der Waals surface area contributed by atoms with E-state index in [-0.39, 0.29) is 29.5 Å². The number of thiazole rings is 1. The highest BCUT2D eigenvalue weighted by atomic mass is 32.2. The fraction of sp³-hybridized carbons (Fsp3) is 0.421. The zero-order valence-corrected chi connectivity index (χ0v) is 17.1. The molecule has 0 unspecified atom stereocenters. The van der Waals surface area contributed by atoms with E-state index in [1.165, 1.54) is 28.7 Å². The molecule has 0 saturated carbocycles. The average molecular weight is 393 g/mol. The van der Waals surface area contributed by atoms with Gasteiger partial charge in [0.1, 0.15) is 0 Å². The lowest BCUT2D eigenvalue weighted by atomic mass is 9.87. The second kappa shape index (κ2) is 9.19. The van der Waals surface area contributed by atoms with Crippen LogP contribution in [0.5, 0.6) is 0 Å². The second-order valence-electron chi connectivity index (χ2n) is 6.75. The van der Waals surface area contributed by atoms with Crippen LogP contribution in [0, 0.1) is 0 Å². The molecular weight excluding hydrogens is 368 g/mol. The van der Waals surface area contributed by atoms with Gasteiger partial charge in [-0.3, -0.25) is 9.59 Å². The molecule has 0 aliphatic rings. The van der Waals surface area contributed by atoms with Crippen molar-refractivity contribution < 1.29 is 14.3 Å². The number of anilines is 1. The summed E-state index contributed by atoms with van der Waals surface area (Å²) in [6, 6.07) is 7.91. The number of hydrogen-bond donors (Lipinski definition) is 1. The van der Waals surface area contributed by atoms with E-state index < -0.39 is 0 Å². The summed E-state index contributed by atoms with van der Waals surface area (Å²) in [5.41, 5.74) is 2.77. The van der Waals surface area contributed by atoms with E-state index in [0.29, 0.717) is 12.3 Å². The number of nitrogens with one attached hydrogen (secondary N) is 1. The molecule has 0 aliphatic carbocycles. The summed E-state index contributed by atoms with van der Waals surface area (Å²) in [5.74, 6) is -0.0978. The van der Waals surface area contributed by atoms with E-state index in [1.54, 1.807) is 6.92 Å². The lowest BCUT2D eigenvalue weighted by Crippen LogP contribution is -2.15. The Balaban J connectivity index is 1.82. The van der Waals surface area contributed by atoms with Crippen molar-refractivity contribution >= 4 is 40.7 Å². The minimum Gasteiger partial charge on any atom is -0.466 e. The lowest BCUT2D eigenvalue weighted by Gasteiger charge is -2.19. The van der Waals surface area contributed by atoms with Gasteiger partial charge in [0.2, 0.25) is 5.91 Å². The van der Waals surface area contributed by atoms with E-state index in [2.05, 4.69) is 31.1 Å². The number of aromatic nitrogens is 1. The third-order valence-electron chi connectivity index (χ3n) is 3.52. The molecule has 1 aromatic carbocycles. The summed E-state index contributed by atoms with van der Waals surface area (Å²) in [6.07, 6.45) is 0.164. The molecule has 0 bridgehead atoms. The summed E-state index contributed by atoms with van der Waals surface area (Å²) in [6.45, 7) is 8.60. The zero-order chi connectivity index (χ0) is 19.2. The fourth-order valence-corrected chi connectivity index (χ4v) is 3.82. The van der Waals surface area contributed by atoms with E-state index >= 15 is 0 Å². The largest absolute Gasteiger partial charge is 0.466 e. The fourth-order valence-electron chi connectivity index (χ4n) is 2.17. The lowest BCUT2D eigenvalue weighted by molar-refractivity contribution is -0.142. The number of thioether (sulfide) groups is 1. The molecule has 0 radical (unpaired) electrons. The van der Waals surface area contributed by atoms with Crippen molar-refractivity contribution in [2.45, 2.75) is 43.9 Å². The summed E-state index contributed by atoms with van der Waals surface area (Å²) in [4.78, 5) is 27.9. The van der Waals surface area contributed by atoms with Gasteiger partial charge < -0.3 is 10.1 Å². The number of benzene rings is 1. The summed E-state index contributed by atoms with van der Waals surface area (Å²) in [7, 11) is 0. The third-order valence-corrected chi connectivity index (χ3v) is 5.59. The number of amides is 1. The summed E-state index contributed by atoms with van der Waals surface area (Å²) >= 11 is 2.79. The van der Waals surface area contributed by atoms with Crippen LogP contribution in [0.25, 0.3) is 0 Å². The van der Waals surface area contributed by atoms with Crippen LogP contribution in [0.2, 0.25) is 0 Å². The Hall–Kier alpha value is -1.86.